The summed E-state index contributed by atoms with van der Waals surface area (Å²) in [4.78, 5) is 39.5. The molecule has 2 aromatic heterocycles. The normalized spacial score (nSPS) is 20.0. The smallest absolute Gasteiger partial charge is 0.228 e. The van der Waals surface area contributed by atoms with E-state index in [9.17, 15) is 9.59 Å². The fourth-order valence-electron chi connectivity index (χ4n) is 4.05. The van der Waals surface area contributed by atoms with Gasteiger partial charge in [-0.3, -0.25) is 19.6 Å². The van der Waals surface area contributed by atoms with Crippen LogP contribution in [0.25, 0.3) is 0 Å². The van der Waals surface area contributed by atoms with Crippen LogP contribution in [0.3, 0.4) is 0 Å². The van der Waals surface area contributed by atoms with Crippen LogP contribution in [0, 0.1) is 12.8 Å². The third-order valence-electron chi connectivity index (χ3n) is 5.61. The van der Waals surface area contributed by atoms with Crippen molar-refractivity contribution in [1.82, 2.24) is 19.8 Å². The highest BCUT2D eigenvalue weighted by Gasteiger charge is 2.37. The average Bonchev–Trinajstić information content (AvgIpc) is 3.09. The summed E-state index contributed by atoms with van der Waals surface area (Å²) in [6.07, 6.45) is 7.44. The summed E-state index contributed by atoms with van der Waals surface area (Å²) in [6, 6.07) is 5.84. The second kappa shape index (κ2) is 7.96. The molecule has 4 heterocycles. The molecular weight excluding hydrogens is 354 g/mol. The third-order valence-corrected chi connectivity index (χ3v) is 5.61. The third kappa shape index (κ3) is 3.83. The number of carbonyl (C=O) groups is 2. The minimum absolute atomic E-state index is 0.0567. The Kier molecular flexibility index (Phi) is 5.23. The number of anilines is 1. The van der Waals surface area contributed by atoms with E-state index in [1.165, 1.54) is 5.69 Å². The predicted octanol–water partition coefficient (Wildman–Crippen LogP) is 1.48. The van der Waals surface area contributed by atoms with E-state index in [0.29, 0.717) is 32.6 Å². The first kappa shape index (κ1) is 18.4. The zero-order valence-electron chi connectivity index (χ0n) is 16.1. The van der Waals surface area contributed by atoms with Gasteiger partial charge in [-0.25, -0.2) is 0 Å². The first-order valence-electron chi connectivity index (χ1n) is 9.73. The number of carbonyl (C=O) groups excluding carboxylic acids is 2. The van der Waals surface area contributed by atoms with E-state index in [0.717, 1.165) is 24.2 Å². The quantitative estimate of drug-likeness (QED) is 0.805. The van der Waals surface area contributed by atoms with Gasteiger partial charge in [0.15, 0.2) is 0 Å². The number of aromatic nitrogens is 2. The second-order valence-electron chi connectivity index (χ2n) is 7.51. The number of amides is 2. The Bertz CT molecular complexity index is 849. The molecule has 2 amide bonds. The first-order valence-corrected chi connectivity index (χ1v) is 9.73. The van der Waals surface area contributed by atoms with Gasteiger partial charge < -0.3 is 14.7 Å². The average molecular weight is 379 g/mol. The molecule has 2 aromatic rings. The Morgan fingerprint density at radius 2 is 1.79 bits per heavy atom. The van der Waals surface area contributed by atoms with Crippen LogP contribution in [-0.4, -0.2) is 64.3 Å². The number of nitrogens with zero attached hydrogens (tertiary/aromatic N) is 5. The van der Waals surface area contributed by atoms with Crippen LogP contribution < -0.4 is 4.90 Å². The molecule has 28 heavy (non-hydrogen) atoms. The highest BCUT2D eigenvalue weighted by atomic mass is 16.2. The van der Waals surface area contributed by atoms with Crippen molar-refractivity contribution in [2.75, 3.05) is 37.6 Å². The molecule has 7 heteroatoms. The molecule has 0 N–H and O–H groups in total. The maximum atomic E-state index is 13.0. The SMILES string of the molecule is Cc1cnccc1N1CCN(C(=O)[C@H]2CC(=O)N(Cc3ccncc3)C2)CC1. The summed E-state index contributed by atoms with van der Waals surface area (Å²) in [5, 5.41) is 0. The van der Waals surface area contributed by atoms with Crippen LogP contribution in [0.1, 0.15) is 17.5 Å². The van der Waals surface area contributed by atoms with Gasteiger partial charge in [0.1, 0.15) is 0 Å². The van der Waals surface area contributed by atoms with E-state index in [4.69, 9.17) is 0 Å². The van der Waals surface area contributed by atoms with Gasteiger partial charge in [-0.15, -0.1) is 0 Å². The Labute approximate surface area is 165 Å². The van der Waals surface area contributed by atoms with E-state index in [1.54, 1.807) is 23.5 Å². The second-order valence-corrected chi connectivity index (χ2v) is 7.51. The van der Waals surface area contributed by atoms with Gasteiger partial charge in [0.05, 0.1) is 5.92 Å². The van der Waals surface area contributed by atoms with Gasteiger partial charge in [0.25, 0.3) is 0 Å². The summed E-state index contributed by atoms with van der Waals surface area (Å²) in [5.41, 5.74) is 3.37. The molecule has 0 aliphatic carbocycles. The lowest BCUT2D eigenvalue weighted by Crippen LogP contribution is -2.50. The van der Waals surface area contributed by atoms with Crippen molar-refractivity contribution in [3.63, 3.8) is 0 Å². The van der Waals surface area contributed by atoms with Crippen molar-refractivity contribution in [3.05, 3.63) is 54.1 Å². The molecule has 146 valence electrons. The standard InChI is InChI=1S/C21H25N5O2/c1-16-13-23-7-4-19(16)24-8-10-25(11-9-24)21(28)18-12-20(27)26(15-18)14-17-2-5-22-6-3-17/h2-7,13,18H,8-12,14-15H2,1H3/t18-/m0/s1. The topological polar surface area (TPSA) is 69.6 Å². The molecule has 0 spiro atoms. The highest BCUT2D eigenvalue weighted by molar-refractivity contribution is 5.89. The zero-order chi connectivity index (χ0) is 19.5. The molecule has 0 unspecified atom stereocenters. The Hall–Kier alpha value is -2.96. The lowest BCUT2D eigenvalue weighted by atomic mass is 10.1. The molecule has 1 atom stereocenters. The molecular formula is C21H25N5O2. The Morgan fingerprint density at radius 1 is 1.07 bits per heavy atom. The number of rotatable bonds is 4. The molecule has 2 aliphatic heterocycles. The van der Waals surface area contributed by atoms with Gasteiger partial charge in [0.2, 0.25) is 11.8 Å². The van der Waals surface area contributed by atoms with Gasteiger partial charge in [0, 0.05) is 76.2 Å². The Balaban J connectivity index is 1.33. The molecule has 0 radical (unpaired) electrons. The fraction of sp³-hybridized carbons (Fsp3) is 0.429. The molecule has 0 aromatic carbocycles. The molecule has 0 saturated carbocycles. The van der Waals surface area contributed by atoms with Crippen LogP contribution in [0.5, 0.6) is 0 Å². The lowest BCUT2D eigenvalue weighted by molar-refractivity contribution is -0.136. The van der Waals surface area contributed by atoms with Gasteiger partial charge in [-0.05, 0) is 36.2 Å². The summed E-state index contributed by atoms with van der Waals surface area (Å²) < 4.78 is 0. The first-order chi connectivity index (χ1) is 13.6. The van der Waals surface area contributed by atoms with E-state index < -0.39 is 0 Å². The van der Waals surface area contributed by atoms with Crippen molar-refractivity contribution in [3.8, 4) is 0 Å². The van der Waals surface area contributed by atoms with E-state index in [2.05, 4.69) is 21.8 Å². The molecule has 7 nitrogen and oxygen atoms in total. The van der Waals surface area contributed by atoms with Gasteiger partial charge in [-0.1, -0.05) is 0 Å². The minimum Gasteiger partial charge on any atom is -0.368 e. The van der Waals surface area contributed by atoms with Crippen molar-refractivity contribution in [2.24, 2.45) is 5.92 Å². The number of pyridine rings is 2. The van der Waals surface area contributed by atoms with Gasteiger partial charge >= 0.3 is 0 Å². The minimum atomic E-state index is -0.233. The lowest BCUT2D eigenvalue weighted by Gasteiger charge is -2.37. The van der Waals surface area contributed by atoms with Crippen molar-refractivity contribution in [1.29, 1.82) is 0 Å². The number of piperazine rings is 1. The molecule has 0 bridgehead atoms. The highest BCUT2D eigenvalue weighted by Crippen LogP contribution is 2.24. The molecule has 4 rings (SSSR count). The van der Waals surface area contributed by atoms with E-state index in [1.807, 2.05) is 29.3 Å². The maximum Gasteiger partial charge on any atom is 0.228 e. The maximum absolute atomic E-state index is 13.0. The summed E-state index contributed by atoms with van der Waals surface area (Å²) in [5.74, 6) is -0.0681. The summed E-state index contributed by atoms with van der Waals surface area (Å²) in [7, 11) is 0. The number of hydrogen-bond acceptors (Lipinski definition) is 5. The van der Waals surface area contributed by atoms with Crippen LogP contribution in [0.2, 0.25) is 0 Å². The van der Waals surface area contributed by atoms with Crippen LogP contribution in [0.15, 0.2) is 43.0 Å². The Morgan fingerprint density at radius 3 is 2.50 bits per heavy atom. The number of hydrogen-bond donors (Lipinski definition) is 0. The largest absolute Gasteiger partial charge is 0.368 e. The van der Waals surface area contributed by atoms with E-state index >= 15 is 0 Å². The monoisotopic (exact) mass is 379 g/mol. The van der Waals surface area contributed by atoms with Crippen molar-refractivity contribution in [2.45, 2.75) is 19.9 Å². The molecule has 2 fully saturated rings. The predicted molar refractivity (Wildman–Crippen MR) is 106 cm³/mol. The van der Waals surface area contributed by atoms with Crippen LogP contribution in [-0.2, 0) is 16.1 Å². The molecule has 2 aliphatic rings. The summed E-state index contributed by atoms with van der Waals surface area (Å²) in [6.45, 7) is 6.09. The fourth-order valence-corrected chi connectivity index (χ4v) is 4.05. The summed E-state index contributed by atoms with van der Waals surface area (Å²) >= 11 is 0. The number of likely N-dealkylation sites (tertiary alicyclic amines) is 1. The zero-order valence-corrected chi connectivity index (χ0v) is 16.1. The van der Waals surface area contributed by atoms with Crippen LogP contribution in [0.4, 0.5) is 5.69 Å². The van der Waals surface area contributed by atoms with E-state index in [-0.39, 0.29) is 17.7 Å². The number of aryl methyl sites for hydroxylation is 1. The van der Waals surface area contributed by atoms with Crippen molar-refractivity contribution < 1.29 is 9.59 Å². The van der Waals surface area contributed by atoms with Crippen molar-refractivity contribution >= 4 is 17.5 Å². The van der Waals surface area contributed by atoms with Gasteiger partial charge in [-0.2, -0.15) is 0 Å². The van der Waals surface area contributed by atoms with Crippen LogP contribution >= 0.6 is 0 Å². The molecule has 2 saturated heterocycles.